The van der Waals surface area contributed by atoms with Crippen LogP contribution in [0, 0.1) is 5.92 Å². The Morgan fingerprint density at radius 1 is 1.03 bits per heavy atom. The lowest BCUT2D eigenvalue weighted by Crippen LogP contribution is -2.33. The van der Waals surface area contributed by atoms with Crippen LogP contribution in [0.3, 0.4) is 0 Å². The van der Waals surface area contributed by atoms with E-state index in [2.05, 4.69) is 29.8 Å². The molecule has 1 unspecified atom stereocenters. The number of carbonyl (C=O) groups is 2. The van der Waals surface area contributed by atoms with Crippen molar-refractivity contribution in [1.82, 2.24) is 4.90 Å². The van der Waals surface area contributed by atoms with Gasteiger partial charge in [0.05, 0.1) is 22.7 Å². The van der Waals surface area contributed by atoms with Crippen LogP contribution in [0.25, 0.3) is 5.57 Å². The molecule has 0 spiro atoms. The second-order valence-corrected chi connectivity index (χ2v) is 11.0. The van der Waals surface area contributed by atoms with Crippen LogP contribution in [-0.4, -0.2) is 27.6 Å². The zero-order chi connectivity index (χ0) is 23.5. The highest BCUT2D eigenvalue weighted by Crippen LogP contribution is 2.46. The molecule has 2 aliphatic rings. The van der Waals surface area contributed by atoms with Crippen molar-refractivity contribution in [2.24, 2.45) is 5.92 Å². The summed E-state index contributed by atoms with van der Waals surface area (Å²) in [7, 11) is 0. The van der Waals surface area contributed by atoms with Crippen molar-refractivity contribution >= 4 is 67.3 Å². The summed E-state index contributed by atoms with van der Waals surface area (Å²) in [5.41, 5.74) is 3.10. The molecule has 2 aromatic rings. The van der Waals surface area contributed by atoms with Gasteiger partial charge in [0.1, 0.15) is 4.32 Å². The normalized spacial score (nSPS) is 18.9. The average molecular weight is 544 g/mol. The Balaban J connectivity index is 1.69. The second-order valence-electron chi connectivity index (χ2n) is 8.44. The van der Waals surface area contributed by atoms with E-state index >= 15 is 0 Å². The Labute approximate surface area is 213 Å². The van der Waals surface area contributed by atoms with E-state index in [1.54, 1.807) is 9.80 Å². The lowest BCUT2D eigenvalue weighted by Gasteiger charge is -2.21. The van der Waals surface area contributed by atoms with Crippen molar-refractivity contribution in [3.63, 3.8) is 0 Å². The predicted molar refractivity (Wildman–Crippen MR) is 144 cm³/mol. The number of halogens is 1. The highest BCUT2D eigenvalue weighted by molar-refractivity contribution is 9.10. The van der Waals surface area contributed by atoms with Crippen molar-refractivity contribution < 1.29 is 9.59 Å². The van der Waals surface area contributed by atoms with Crippen molar-refractivity contribution in [1.29, 1.82) is 0 Å². The third kappa shape index (κ3) is 4.96. The average Bonchev–Trinajstić information content (AvgIpc) is 3.23. The number of thioether (sulfide) groups is 1. The van der Waals surface area contributed by atoms with Gasteiger partial charge in [0, 0.05) is 16.6 Å². The molecule has 2 heterocycles. The summed E-state index contributed by atoms with van der Waals surface area (Å²) in [4.78, 5) is 31.1. The molecule has 0 bridgehead atoms. The van der Waals surface area contributed by atoms with Gasteiger partial charge >= 0.3 is 0 Å². The monoisotopic (exact) mass is 542 g/mol. The molecule has 7 heteroatoms. The SMILES string of the molecule is CCCCC(CC)CN1C(=O)C(=C2C(=O)N(Cc3ccccc3)c3ccc(Br)cc32)SC1=S. The second kappa shape index (κ2) is 10.5. The van der Waals surface area contributed by atoms with Gasteiger partial charge in [-0.05, 0) is 36.1 Å². The topological polar surface area (TPSA) is 40.6 Å². The number of carbonyl (C=O) groups excluding carboxylic acids is 2. The molecular weight excluding hydrogens is 516 g/mol. The fourth-order valence-corrected chi connectivity index (χ4v) is 6.04. The van der Waals surface area contributed by atoms with Crippen molar-refractivity contribution in [3.8, 4) is 0 Å². The van der Waals surface area contributed by atoms with Crippen LogP contribution in [-0.2, 0) is 16.1 Å². The third-order valence-corrected chi connectivity index (χ3v) is 8.16. The molecule has 2 amide bonds. The number of fused-ring (bicyclic) bond motifs is 1. The van der Waals surface area contributed by atoms with Gasteiger partial charge in [0.25, 0.3) is 11.8 Å². The number of amides is 2. The number of anilines is 1. The molecular formula is C26H27BrN2O2S2. The van der Waals surface area contributed by atoms with E-state index in [0.29, 0.717) is 33.8 Å². The van der Waals surface area contributed by atoms with Crippen LogP contribution < -0.4 is 4.90 Å². The lowest BCUT2D eigenvalue weighted by atomic mass is 9.98. The summed E-state index contributed by atoms with van der Waals surface area (Å²) < 4.78 is 1.41. The fourth-order valence-electron chi connectivity index (χ4n) is 4.33. The highest BCUT2D eigenvalue weighted by Gasteiger charge is 2.42. The molecule has 0 saturated carbocycles. The molecule has 2 aromatic carbocycles. The summed E-state index contributed by atoms with van der Waals surface area (Å²) in [5.74, 6) is 0.119. The van der Waals surface area contributed by atoms with Gasteiger partial charge < -0.3 is 4.90 Å². The standard InChI is InChI=1S/C26H27BrN2O2S2/c1-3-5-9-17(4-2)15-29-25(31)23(33-26(29)32)22-20-14-19(27)12-13-21(20)28(24(22)30)16-18-10-7-6-8-11-18/h6-8,10-14,17H,3-5,9,15-16H2,1-2H3. The molecule has 0 aliphatic carbocycles. The molecule has 0 aromatic heterocycles. The number of unbranched alkanes of at least 4 members (excludes halogenated alkanes) is 1. The van der Waals surface area contributed by atoms with Gasteiger partial charge in [-0.25, -0.2) is 0 Å². The van der Waals surface area contributed by atoms with Crippen LogP contribution >= 0.6 is 39.9 Å². The fraction of sp³-hybridized carbons (Fsp3) is 0.346. The summed E-state index contributed by atoms with van der Waals surface area (Å²) in [5, 5.41) is 0. The minimum absolute atomic E-state index is 0.143. The zero-order valence-electron chi connectivity index (χ0n) is 18.8. The lowest BCUT2D eigenvalue weighted by molar-refractivity contribution is -0.123. The maximum atomic E-state index is 13.7. The largest absolute Gasteiger partial charge is 0.303 e. The van der Waals surface area contributed by atoms with E-state index < -0.39 is 0 Å². The first-order valence-electron chi connectivity index (χ1n) is 11.4. The molecule has 0 radical (unpaired) electrons. The van der Waals surface area contributed by atoms with Gasteiger partial charge in [-0.15, -0.1) is 0 Å². The minimum atomic E-state index is -0.148. The molecule has 1 atom stereocenters. The summed E-state index contributed by atoms with van der Waals surface area (Å²) in [6.07, 6.45) is 4.36. The maximum absolute atomic E-state index is 13.7. The van der Waals surface area contributed by atoms with Crippen LogP contribution in [0.5, 0.6) is 0 Å². The van der Waals surface area contributed by atoms with E-state index in [9.17, 15) is 9.59 Å². The van der Waals surface area contributed by atoms with Gasteiger partial charge in [-0.3, -0.25) is 14.5 Å². The first kappa shape index (κ1) is 24.2. The number of rotatable bonds is 8. The Kier molecular flexibility index (Phi) is 7.72. The zero-order valence-corrected chi connectivity index (χ0v) is 22.1. The van der Waals surface area contributed by atoms with Crippen LogP contribution in [0.15, 0.2) is 57.9 Å². The van der Waals surface area contributed by atoms with E-state index in [1.165, 1.54) is 11.8 Å². The van der Waals surface area contributed by atoms with E-state index in [4.69, 9.17) is 12.2 Å². The van der Waals surface area contributed by atoms with E-state index in [-0.39, 0.29) is 11.8 Å². The van der Waals surface area contributed by atoms with E-state index in [0.717, 1.165) is 47.0 Å². The Morgan fingerprint density at radius 3 is 2.48 bits per heavy atom. The van der Waals surface area contributed by atoms with Crippen LogP contribution in [0.1, 0.15) is 50.7 Å². The Bertz CT molecular complexity index is 1120. The van der Waals surface area contributed by atoms with Gasteiger partial charge in [0.2, 0.25) is 0 Å². The van der Waals surface area contributed by atoms with Crippen LogP contribution in [0.2, 0.25) is 0 Å². The number of thiocarbonyl (C=S) groups is 1. The summed E-state index contributed by atoms with van der Waals surface area (Å²) >= 11 is 10.4. The van der Waals surface area contributed by atoms with Crippen molar-refractivity contribution in [2.45, 2.75) is 46.1 Å². The molecule has 33 heavy (non-hydrogen) atoms. The molecule has 4 rings (SSSR count). The minimum Gasteiger partial charge on any atom is -0.303 e. The Morgan fingerprint density at radius 2 is 1.79 bits per heavy atom. The first-order chi connectivity index (χ1) is 15.9. The summed E-state index contributed by atoms with van der Waals surface area (Å²) in [6.45, 7) is 5.41. The molecule has 0 N–H and O–H groups in total. The van der Waals surface area contributed by atoms with Crippen molar-refractivity contribution in [3.05, 3.63) is 69.0 Å². The van der Waals surface area contributed by atoms with Gasteiger partial charge in [0.15, 0.2) is 0 Å². The number of hydrogen-bond acceptors (Lipinski definition) is 4. The number of hydrogen-bond donors (Lipinski definition) is 0. The highest BCUT2D eigenvalue weighted by atomic mass is 79.9. The molecule has 172 valence electrons. The maximum Gasteiger partial charge on any atom is 0.267 e. The van der Waals surface area contributed by atoms with Gasteiger partial charge in [-0.1, -0.05) is 103 Å². The number of nitrogens with zero attached hydrogens (tertiary/aromatic N) is 2. The smallest absolute Gasteiger partial charge is 0.267 e. The molecule has 4 nitrogen and oxygen atoms in total. The molecule has 1 fully saturated rings. The van der Waals surface area contributed by atoms with Crippen molar-refractivity contribution in [2.75, 3.05) is 11.4 Å². The first-order valence-corrected chi connectivity index (χ1v) is 13.4. The van der Waals surface area contributed by atoms with E-state index in [1.807, 2.05) is 48.5 Å². The third-order valence-electron chi connectivity index (χ3n) is 6.22. The quantitative estimate of drug-likeness (QED) is 0.272. The predicted octanol–water partition coefficient (Wildman–Crippen LogP) is 6.78. The molecule has 1 saturated heterocycles. The summed E-state index contributed by atoms with van der Waals surface area (Å²) in [6, 6.07) is 15.7. The number of benzene rings is 2. The van der Waals surface area contributed by atoms with Gasteiger partial charge in [-0.2, -0.15) is 0 Å². The molecule has 2 aliphatic heterocycles. The Hall–Kier alpha value is -1.96. The van der Waals surface area contributed by atoms with Crippen LogP contribution in [0.4, 0.5) is 5.69 Å².